The first-order valence-electron chi connectivity index (χ1n) is 9.42. The summed E-state index contributed by atoms with van der Waals surface area (Å²) in [5.41, 5.74) is 3.03. The molecule has 0 aliphatic carbocycles. The summed E-state index contributed by atoms with van der Waals surface area (Å²) >= 11 is 0. The monoisotopic (exact) mass is 371 g/mol. The van der Waals surface area contributed by atoms with Crippen LogP contribution in [0, 0.1) is 0 Å². The first-order chi connectivity index (χ1) is 13.2. The highest BCUT2D eigenvalue weighted by atomic mass is 16.5. The van der Waals surface area contributed by atoms with E-state index in [9.17, 15) is 4.79 Å². The zero-order valence-electron chi connectivity index (χ0n) is 15.6. The Balaban J connectivity index is 1.34. The van der Waals surface area contributed by atoms with Crippen molar-refractivity contribution in [3.8, 4) is 17.1 Å². The minimum absolute atomic E-state index is 0.0132. The second kappa shape index (κ2) is 8.10. The van der Waals surface area contributed by atoms with Crippen LogP contribution < -0.4 is 4.74 Å². The number of nitrogens with one attached hydrogen (secondary N) is 1. The second-order valence-corrected chi connectivity index (χ2v) is 6.95. The van der Waals surface area contributed by atoms with Crippen molar-refractivity contribution in [1.82, 2.24) is 14.9 Å². The van der Waals surface area contributed by atoms with Gasteiger partial charge in [0.25, 0.3) is 0 Å². The van der Waals surface area contributed by atoms with Crippen molar-refractivity contribution in [2.75, 3.05) is 33.5 Å². The highest BCUT2D eigenvalue weighted by Crippen LogP contribution is 2.24. The number of carbonyl (C=O) groups excluding carboxylic acids is 1. The molecule has 1 amide bonds. The average Bonchev–Trinajstić information content (AvgIpc) is 3.37. The summed E-state index contributed by atoms with van der Waals surface area (Å²) < 4.78 is 16.3. The summed E-state index contributed by atoms with van der Waals surface area (Å²) in [6.07, 6.45) is 2.99. The number of H-pyrrole nitrogens is 1. The summed E-state index contributed by atoms with van der Waals surface area (Å²) in [6, 6.07) is 7.78. The Hall–Kier alpha value is -2.38. The van der Waals surface area contributed by atoms with Crippen LogP contribution in [0.15, 0.2) is 24.3 Å². The van der Waals surface area contributed by atoms with Gasteiger partial charge < -0.3 is 24.1 Å². The van der Waals surface area contributed by atoms with E-state index in [4.69, 9.17) is 19.2 Å². The number of methoxy groups -OCH3 is 1. The highest BCUT2D eigenvalue weighted by Gasteiger charge is 2.24. The maximum absolute atomic E-state index is 12.4. The molecular weight excluding hydrogens is 346 g/mol. The van der Waals surface area contributed by atoms with E-state index in [1.807, 2.05) is 29.2 Å². The number of benzene rings is 1. The highest BCUT2D eigenvalue weighted by molar-refractivity contribution is 5.77. The van der Waals surface area contributed by atoms with E-state index in [0.717, 1.165) is 54.4 Å². The van der Waals surface area contributed by atoms with Gasteiger partial charge >= 0.3 is 0 Å². The van der Waals surface area contributed by atoms with Crippen LogP contribution in [0.4, 0.5) is 0 Å². The third kappa shape index (κ3) is 4.14. The minimum Gasteiger partial charge on any atom is -0.497 e. The standard InChI is InChI=1S/C20H25N3O4/c1-25-15-6-4-14(5-7-15)20-21-17-8-9-23(11-18(17)22-20)19(24)13-26-12-16-3-2-10-27-16/h4-7,16H,2-3,8-13H2,1H3,(H,21,22)/t16-/m1/s1. The summed E-state index contributed by atoms with van der Waals surface area (Å²) in [4.78, 5) is 22.3. The van der Waals surface area contributed by atoms with Crippen molar-refractivity contribution >= 4 is 5.91 Å². The fourth-order valence-corrected chi connectivity index (χ4v) is 3.54. The quantitative estimate of drug-likeness (QED) is 0.842. The molecule has 7 heteroatoms. The van der Waals surface area contributed by atoms with Crippen molar-refractivity contribution in [1.29, 1.82) is 0 Å². The van der Waals surface area contributed by atoms with E-state index >= 15 is 0 Å². The molecule has 2 aliphatic heterocycles. The molecule has 0 saturated carbocycles. The number of fused-ring (bicyclic) bond motifs is 1. The van der Waals surface area contributed by atoms with E-state index in [1.54, 1.807) is 7.11 Å². The lowest BCUT2D eigenvalue weighted by Gasteiger charge is -2.26. The van der Waals surface area contributed by atoms with Crippen LogP contribution in [0.2, 0.25) is 0 Å². The number of hydrogen-bond donors (Lipinski definition) is 1. The first-order valence-corrected chi connectivity index (χ1v) is 9.42. The van der Waals surface area contributed by atoms with Gasteiger partial charge in [-0.2, -0.15) is 0 Å². The molecule has 0 radical (unpaired) electrons. The van der Waals surface area contributed by atoms with Crippen LogP contribution >= 0.6 is 0 Å². The van der Waals surface area contributed by atoms with Crippen molar-refractivity contribution in [2.45, 2.75) is 31.9 Å². The molecular formula is C20H25N3O4. The topological polar surface area (TPSA) is 76.7 Å². The molecule has 2 aromatic rings. The Morgan fingerprint density at radius 2 is 2.22 bits per heavy atom. The number of aromatic nitrogens is 2. The van der Waals surface area contributed by atoms with E-state index in [-0.39, 0.29) is 18.6 Å². The van der Waals surface area contributed by atoms with Crippen LogP contribution in [0.3, 0.4) is 0 Å². The fraction of sp³-hybridized carbons (Fsp3) is 0.500. The minimum atomic E-state index is 0.0132. The van der Waals surface area contributed by atoms with Crippen LogP contribution in [0.1, 0.15) is 24.2 Å². The predicted molar refractivity (Wildman–Crippen MR) is 99.5 cm³/mol. The molecule has 3 heterocycles. The van der Waals surface area contributed by atoms with Crippen LogP contribution in [0.25, 0.3) is 11.4 Å². The molecule has 1 aromatic carbocycles. The molecule has 7 nitrogen and oxygen atoms in total. The molecule has 2 aliphatic rings. The van der Waals surface area contributed by atoms with Gasteiger partial charge in [0.1, 0.15) is 18.2 Å². The Morgan fingerprint density at radius 1 is 1.37 bits per heavy atom. The molecule has 1 fully saturated rings. The summed E-state index contributed by atoms with van der Waals surface area (Å²) in [5, 5.41) is 0. The van der Waals surface area contributed by atoms with Gasteiger partial charge in [-0.25, -0.2) is 4.98 Å². The van der Waals surface area contributed by atoms with Crippen molar-refractivity contribution in [3.05, 3.63) is 35.7 Å². The number of amides is 1. The largest absolute Gasteiger partial charge is 0.497 e. The van der Waals surface area contributed by atoms with Gasteiger partial charge in [0.05, 0.1) is 37.8 Å². The smallest absolute Gasteiger partial charge is 0.248 e. The molecule has 0 spiro atoms. The third-order valence-electron chi connectivity index (χ3n) is 5.10. The molecule has 1 saturated heterocycles. The van der Waals surface area contributed by atoms with Crippen molar-refractivity contribution in [3.63, 3.8) is 0 Å². The number of nitrogens with zero attached hydrogens (tertiary/aromatic N) is 2. The van der Waals surface area contributed by atoms with Crippen LogP contribution in [-0.4, -0.2) is 60.4 Å². The predicted octanol–water partition coefficient (Wildman–Crippen LogP) is 2.17. The molecule has 27 heavy (non-hydrogen) atoms. The number of imidazole rings is 1. The van der Waals surface area contributed by atoms with E-state index in [2.05, 4.69) is 4.98 Å². The average molecular weight is 371 g/mol. The number of aromatic amines is 1. The van der Waals surface area contributed by atoms with Gasteiger partial charge in [0, 0.05) is 25.1 Å². The number of ether oxygens (including phenoxy) is 3. The van der Waals surface area contributed by atoms with Crippen molar-refractivity contribution in [2.24, 2.45) is 0 Å². The molecule has 1 atom stereocenters. The lowest BCUT2D eigenvalue weighted by molar-refractivity contribution is -0.138. The van der Waals surface area contributed by atoms with Gasteiger partial charge in [-0.1, -0.05) is 0 Å². The number of carbonyl (C=O) groups is 1. The van der Waals surface area contributed by atoms with Gasteiger partial charge in [-0.3, -0.25) is 4.79 Å². The van der Waals surface area contributed by atoms with Gasteiger partial charge in [0.2, 0.25) is 5.91 Å². The molecule has 4 rings (SSSR count). The van der Waals surface area contributed by atoms with E-state index < -0.39 is 0 Å². The Bertz CT molecular complexity index is 781. The Labute approximate surface area is 158 Å². The molecule has 0 bridgehead atoms. The SMILES string of the molecule is COc1ccc(-c2nc3c([nH]2)CN(C(=O)COC[C@H]2CCCO2)CC3)cc1. The third-order valence-corrected chi connectivity index (χ3v) is 5.10. The summed E-state index contributed by atoms with van der Waals surface area (Å²) in [7, 11) is 1.65. The summed E-state index contributed by atoms with van der Waals surface area (Å²) in [5.74, 6) is 1.65. The Morgan fingerprint density at radius 3 is 2.96 bits per heavy atom. The first kappa shape index (κ1) is 18.0. The van der Waals surface area contributed by atoms with Gasteiger partial charge in [-0.15, -0.1) is 0 Å². The molecule has 0 unspecified atom stereocenters. The van der Waals surface area contributed by atoms with E-state index in [1.165, 1.54) is 0 Å². The second-order valence-electron chi connectivity index (χ2n) is 6.95. The summed E-state index contributed by atoms with van der Waals surface area (Å²) in [6.45, 7) is 2.61. The van der Waals surface area contributed by atoms with Crippen molar-refractivity contribution < 1.29 is 19.0 Å². The zero-order chi connectivity index (χ0) is 18.6. The normalized spacial score (nSPS) is 19.1. The lowest BCUT2D eigenvalue weighted by atomic mass is 10.1. The number of hydrogen-bond acceptors (Lipinski definition) is 5. The maximum atomic E-state index is 12.4. The van der Waals surface area contributed by atoms with Crippen LogP contribution in [0.5, 0.6) is 5.75 Å². The zero-order valence-corrected chi connectivity index (χ0v) is 15.6. The van der Waals surface area contributed by atoms with Gasteiger partial charge in [-0.05, 0) is 37.1 Å². The lowest BCUT2D eigenvalue weighted by Crippen LogP contribution is -2.38. The van der Waals surface area contributed by atoms with E-state index in [0.29, 0.717) is 19.7 Å². The van der Waals surface area contributed by atoms with Gasteiger partial charge in [0.15, 0.2) is 0 Å². The molecule has 1 aromatic heterocycles. The van der Waals surface area contributed by atoms with Crippen LogP contribution in [-0.2, 0) is 27.2 Å². The molecule has 1 N–H and O–H groups in total. The Kier molecular flexibility index (Phi) is 5.40. The number of rotatable bonds is 6. The molecule has 144 valence electrons. The fourth-order valence-electron chi connectivity index (χ4n) is 3.54. The maximum Gasteiger partial charge on any atom is 0.248 e.